The second kappa shape index (κ2) is 40.5. The molecule has 6 heteroatoms. The first kappa shape index (κ1) is 50.3. The molecule has 0 spiro atoms. The Kier molecular flexibility index (Phi) is 39.2. The molecular formula is C46H87NO5. The van der Waals surface area contributed by atoms with Crippen LogP contribution in [0.4, 0.5) is 0 Å². The molecule has 0 aromatic carbocycles. The zero-order chi connectivity index (χ0) is 38.2. The fraction of sp³-hybridized carbons (Fsp3) is 0.870. The molecule has 0 bridgehead atoms. The lowest BCUT2D eigenvalue weighted by molar-refractivity contribution is -0.151. The summed E-state index contributed by atoms with van der Waals surface area (Å²) in [5.41, 5.74) is 0. The van der Waals surface area contributed by atoms with E-state index < -0.39 is 18.2 Å². The molecule has 52 heavy (non-hydrogen) atoms. The van der Waals surface area contributed by atoms with Crippen molar-refractivity contribution in [2.75, 3.05) is 6.61 Å². The number of rotatable bonds is 40. The van der Waals surface area contributed by atoms with E-state index in [-0.39, 0.29) is 24.9 Å². The number of carbonyl (C=O) groups excluding carboxylic acids is 2. The van der Waals surface area contributed by atoms with Crippen molar-refractivity contribution in [3.63, 3.8) is 0 Å². The molecule has 0 aliphatic rings. The third-order valence-corrected chi connectivity index (χ3v) is 10.2. The minimum absolute atomic E-state index is 0.0655. The summed E-state index contributed by atoms with van der Waals surface area (Å²) in [7, 11) is 0. The summed E-state index contributed by atoms with van der Waals surface area (Å²) < 4.78 is 5.86. The fourth-order valence-corrected chi connectivity index (χ4v) is 6.78. The van der Waals surface area contributed by atoms with E-state index in [0.717, 1.165) is 83.5 Å². The van der Waals surface area contributed by atoms with Crippen molar-refractivity contribution in [2.24, 2.45) is 0 Å². The van der Waals surface area contributed by atoms with E-state index in [2.05, 4.69) is 50.4 Å². The average molecular weight is 734 g/mol. The van der Waals surface area contributed by atoms with Crippen LogP contribution in [0.25, 0.3) is 0 Å². The van der Waals surface area contributed by atoms with Crippen LogP contribution >= 0.6 is 0 Å². The SMILES string of the molecule is CCC/C=C\CCCCCC(CC(=O)NC(CO)C(O)CCCCCCCCCCCCCCC)OC(=O)CCCCCCC/C=C\CCCCC. The van der Waals surface area contributed by atoms with Gasteiger partial charge in [0.1, 0.15) is 6.10 Å². The smallest absolute Gasteiger partial charge is 0.306 e. The van der Waals surface area contributed by atoms with Gasteiger partial charge in [-0.15, -0.1) is 0 Å². The number of aliphatic hydroxyl groups is 2. The molecule has 0 aromatic rings. The van der Waals surface area contributed by atoms with Crippen molar-refractivity contribution in [3.8, 4) is 0 Å². The largest absolute Gasteiger partial charge is 0.462 e. The molecule has 0 aliphatic heterocycles. The van der Waals surface area contributed by atoms with E-state index in [1.54, 1.807) is 0 Å². The van der Waals surface area contributed by atoms with Gasteiger partial charge < -0.3 is 20.3 Å². The number of carbonyl (C=O) groups is 2. The van der Waals surface area contributed by atoms with Crippen LogP contribution in [0, 0.1) is 0 Å². The zero-order valence-electron chi connectivity index (χ0n) is 34.7. The standard InChI is InChI=1S/C46H87NO5/c1-4-7-10-13-16-19-21-23-24-26-29-32-35-38-44(49)43(41-48)47-45(50)40-42(37-34-31-28-18-15-12-9-6-3)52-46(51)39-36-33-30-27-25-22-20-17-14-11-8-5-2/h12,15,17,20,42-44,48-49H,4-11,13-14,16,18-19,21-41H2,1-3H3,(H,47,50)/b15-12-,20-17-. The number of ether oxygens (including phenoxy) is 1. The van der Waals surface area contributed by atoms with Gasteiger partial charge in [-0.25, -0.2) is 0 Å². The minimum Gasteiger partial charge on any atom is -0.462 e. The van der Waals surface area contributed by atoms with Crippen molar-refractivity contribution in [1.29, 1.82) is 0 Å². The van der Waals surface area contributed by atoms with E-state index >= 15 is 0 Å². The molecule has 0 saturated heterocycles. The molecule has 0 saturated carbocycles. The number of unbranched alkanes of at least 4 members (excludes halogenated alkanes) is 24. The van der Waals surface area contributed by atoms with E-state index in [0.29, 0.717) is 19.3 Å². The Bertz CT molecular complexity index is 828. The van der Waals surface area contributed by atoms with Gasteiger partial charge in [0.05, 0.1) is 25.2 Å². The lowest BCUT2D eigenvalue weighted by atomic mass is 10.0. The highest BCUT2D eigenvalue weighted by atomic mass is 16.5. The Hall–Kier alpha value is -1.66. The fourth-order valence-electron chi connectivity index (χ4n) is 6.78. The molecule has 3 N–H and O–H groups in total. The average Bonchev–Trinajstić information content (AvgIpc) is 3.13. The Balaban J connectivity index is 4.49. The Morgan fingerprint density at radius 2 is 0.962 bits per heavy atom. The second-order valence-electron chi connectivity index (χ2n) is 15.4. The van der Waals surface area contributed by atoms with Gasteiger partial charge in [0.15, 0.2) is 0 Å². The van der Waals surface area contributed by atoms with Gasteiger partial charge in [-0.2, -0.15) is 0 Å². The van der Waals surface area contributed by atoms with Crippen molar-refractivity contribution >= 4 is 11.9 Å². The van der Waals surface area contributed by atoms with E-state index in [4.69, 9.17) is 4.74 Å². The molecule has 6 nitrogen and oxygen atoms in total. The maximum absolute atomic E-state index is 13.1. The topological polar surface area (TPSA) is 95.9 Å². The Morgan fingerprint density at radius 3 is 1.50 bits per heavy atom. The molecular weight excluding hydrogens is 647 g/mol. The van der Waals surface area contributed by atoms with Crippen molar-refractivity contribution in [3.05, 3.63) is 24.3 Å². The highest BCUT2D eigenvalue weighted by molar-refractivity contribution is 5.77. The molecule has 0 heterocycles. The number of esters is 1. The maximum Gasteiger partial charge on any atom is 0.306 e. The number of amides is 1. The zero-order valence-corrected chi connectivity index (χ0v) is 34.7. The van der Waals surface area contributed by atoms with Crippen LogP contribution in [-0.2, 0) is 14.3 Å². The second-order valence-corrected chi connectivity index (χ2v) is 15.4. The van der Waals surface area contributed by atoms with Crippen molar-refractivity contribution in [2.45, 2.75) is 251 Å². The number of allylic oxidation sites excluding steroid dienone is 4. The van der Waals surface area contributed by atoms with Crippen molar-refractivity contribution in [1.82, 2.24) is 5.32 Å². The highest BCUT2D eigenvalue weighted by Crippen LogP contribution is 2.17. The van der Waals surface area contributed by atoms with Crippen LogP contribution < -0.4 is 5.32 Å². The van der Waals surface area contributed by atoms with Gasteiger partial charge in [0, 0.05) is 6.42 Å². The maximum atomic E-state index is 13.1. The van der Waals surface area contributed by atoms with Gasteiger partial charge in [0.2, 0.25) is 5.91 Å². The van der Waals surface area contributed by atoms with Gasteiger partial charge in [-0.05, 0) is 70.6 Å². The molecule has 0 radical (unpaired) electrons. The third kappa shape index (κ3) is 35.4. The quantitative estimate of drug-likeness (QED) is 0.0331. The van der Waals surface area contributed by atoms with Crippen LogP contribution in [0.15, 0.2) is 24.3 Å². The summed E-state index contributed by atoms with van der Waals surface area (Å²) in [6.45, 7) is 6.37. The van der Waals surface area contributed by atoms with Gasteiger partial charge in [-0.1, -0.05) is 173 Å². The molecule has 0 rings (SSSR count). The summed E-state index contributed by atoms with van der Waals surface area (Å²) in [5.74, 6) is -0.500. The highest BCUT2D eigenvalue weighted by Gasteiger charge is 2.24. The van der Waals surface area contributed by atoms with Gasteiger partial charge in [-0.3, -0.25) is 9.59 Å². The minimum atomic E-state index is -0.787. The summed E-state index contributed by atoms with van der Waals surface area (Å²) in [5, 5.41) is 23.6. The Morgan fingerprint density at radius 1 is 0.538 bits per heavy atom. The molecule has 3 atom stereocenters. The lowest BCUT2D eigenvalue weighted by Crippen LogP contribution is -2.46. The lowest BCUT2D eigenvalue weighted by Gasteiger charge is -2.24. The van der Waals surface area contributed by atoms with E-state index in [9.17, 15) is 19.8 Å². The summed E-state index contributed by atoms with van der Waals surface area (Å²) in [6.07, 6.45) is 43.9. The van der Waals surface area contributed by atoms with Gasteiger partial charge >= 0.3 is 5.97 Å². The third-order valence-electron chi connectivity index (χ3n) is 10.2. The van der Waals surface area contributed by atoms with Gasteiger partial charge in [0.25, 0.3) is 0 Å². The first-order valence-electron chi connectivity index (χ1n) is 22.6. The van der Waals surface area contributed by atoms with Crippen LogP contribution in [0.2, 0.25) is 0 Å². The van der Waals surface area contributed by atoms with Crippen LogP contribution in [0.3, 0.4) is 0 Å². The molecule has 306 valence electrons. The normalized spacial score (nSPS) is 13.6. The number of aliphatic hydroxyl groups excluding tert-OH is 2. The van der Waals surface area contributed by atoms with Crippen LogP contribution in [0.5, 0.6) is 0 Å². The summed E-state index contributed by atoms with van der Waals surface area (Å²) >= 11 is 0. The number of hydrogen-bond acceptors (Lipinski definition) is 5. The predicted octanol–water partition coefficient (Wildman–Crippen LogP) is 12.8. The van der Waals surface area contributed by atoms with E-state index in [1.807, 2.05) is 0 Å². The predicted molar refractivity (Wildman–Crippen MR) is 223 cm³/mol. The van der Waals surface area contributed by atoms with Crippen molar-refractivity contribution < 1.29 is 24.5 Å². The summed E-state index contributed by atoms with van der Waals surface area (Å²) in [6, 6.07) is -0.701. The van der Waals surface area contributed by atoms with E-state index in [1.165, 1.54) is 103 Å². The van der Waals surface area contributed by atoms with Crippen LogP contribution in [-0.4, -0.2) is 46.9 Å². The first-order valence-corrected chi connectivity index (χ1v) is 22.6. The molecule has 0 aliphatic carbocycles. The molecule has 3 unspecified atom stereocenters. The molecule has 0 fully saturated rings. The molecule has 1 amide bonds. The monoisotopic (exact) mass is 734 g/mol. The molecule has 0 aromatic heterocycles. The van der Waals surface area contributed by atoms with Crippen LogP contribution in [0.1, 0.15) is 233 Å². The summed E-state index contributed by atoms with van der Waals surface area (Å²) in [4.78, 5) is 25.9. The number of nitrogens with one attached hydrogen (secondary N) is 1. The first-order chi connectivity index (χ1) is 25.5. The number of hydrogen-bond donors (Lipinski definition) is 3. The Labute approximate surface area is 322 Å².